The van der Waals surface area contributed by atoms with Crippen LogP contribution in [0.25, 0.3) is 5.69 Å². The van der Waals surface area contributed by atoms with Gasteiger partial charge in [0.2, 0.25) is 5.91 Å². The number of amides is 1. The van der Waals surface area contributed by atoms with Crippen LogP contribution in [0, 0.1) is 25.7 Å². The molecule has 3 rings (SSSR count). The number of rotatable bonds is 4. The van der Waals surface area contributed by atoms with E-state index in [4.69, 9.17) is 0 Å². The van der Waals surface area contributed by atoms with E-state index in [1.54, 1.807) is 6.33 Å². The molecule has 2 atom stereocenters. The fourth-order valence-electron chi connectivity index (χ4n) is 3.55. The Kier molecular flexibility index (Phi) is 5.47. The molecule has 2 aromatic rings. The molecule has 2 heterocycles. The standard InChI is InChI=1S/C19H26N4OS/c1-13-5-6-16(4)17(8-13)23-12-20-21-19(23)25-11-18(24)22-9-14(2)7-15(3)10-22/h5-6,8,12,14-15H,7,9-11H2,1-4H3. The van der Waals surface area contributed by atoms with E-state index < -0.39 is 0 Å². The van der Waals surface area contributed by atoms with Crippen LogP contribution in [0.3, 0.4) is 0 Å². The van der Waals surface area contributed by atoms with Crippen molar-refractivity contribution in [2.45, 2.75) is 39.3 Å². The molecule has 0 saturated carbocycles. The molecule has 0 spiro atoms. The van der Waals surface area contributed by atoms with Gasteiger partial charge < -0.3 is 4.90 Å². The predicted octanol–water partition coefficient (Wildman–Crippen LogP) is 3.48. The Morgan fingerprint density at radius 1 is 1.24 bits per heavy atom. The molecule has 25 heavy (non-hydrogen) atoms. The van der Waals surface area contributed by atoms with Crippen molar-refractivity contribution in [2.75, 3.05) is 18.8 Å². The summed E-state index contributed by atoms with van der Waals surface area (Å²) < 4.78 is 1.97. The monoisotopic (exact) mass is 358 g/mol. The van der Waals surface area contributed by atoms with Crippen LogP contribution < -0.4 is 0 Å². The summed E-state index contributed by atoms with van der Waals surface area (Å²) in [6.45, 7) is 10.3. The molecule has 0 aliphatic carbocycles. The van der Waals surface area contributed by atoms with Gasteiger partial charge in [0, 0.05) is 13.1 Å². The van der Waals surface area contributed by atoms with Crippen LogP contribution in [0.2, 0.25) is 0 Å². The zero-order chi connectivity index (χ0) is 18.0. The zero-order valence-electron chi connectivity index (χ0n) is 15.4. The fraction of sp³-hybridized carbons (Fsp3) is 0.526. The Hall–Kier alpha value is -1.82. The molecule has 5 nitrogen and oxygen atoms in total. The van der Waals surface area contributed by atoms with Gasteiger partial charge in [-0.05, 0) is 49.3 Å². The molecular formula is C19H26N4OS. The molecule has 0 N–H and O–H groups in total. The van der Waals surface area contributed by atoms with Crippen molar-refractivity contribution >= 4 is 17.7 Å². The Morgan fingerprint density at radius 2 is 1.96 bits per heavy atom. The quantitative estimate of drug-likeness (QED) is 0.785. The lowest BCUT2D eigenvalue weighted by Gasteiger charge is -2.34. The summed E-state index contributed by atoms with van der Waals surface area (Å²) in [5.74, 6) is 1.76. The van der Waals surface area contributed by atoms with Crippen molar-refractivity contribution in [3.8, 4) is 5.69 Å². The molecule has 1 aliphatic rings. The van der Waals surface area contributed by atoms with Crippen molar-refractivity contribution in [2.24, 2.45) is 11.8 Å². The number of piperidine rings is 1. The topological polar surface area (TPSA) is 51.0 Å². The fourth-order valence-corrected chi connectivity index (χ4v) is 4.38. The molecule has 1 saturated heterocycles. The number of carbonyl (C=O) groups is 1. The first-order valence-electron chi connectivity index (χ1n) is 8.82. The first-order chi connectivity index (χ1) is 11.9. The highest BCUT2D eigenvalue weighted by molar-refractivity contribution is 7.99. The summed E-state index contributed by atoms with van der Waals surface area (Å²) in [7, 11) is 0. The number of carbonyl (C=O) groups excluding carboxylic acids is 1. The maximum absolute atomic E-state index is 12.6. The number of benzene rings is 1. The van der Waals surface area contributed by atoms with E-state index in [1.807, 2.05) is 9.47 Å². The van der Waals surface area contributed by atoms with Crippen LogP contribution in [-0.4, -0.2) is 44.4 Å². The third kappa shape index (κ3) is 4.24. The molecule has 1 amide bonds. The average molecular weight is 359 g/mol. The van der Waals surface area contributed by atoms with Gasteiger partial charge >= 0.3 is 0 Å². The van der Waals surface area contributed by atoms with Gasteiger partial charge in [-0.3, -0.25) is 9.36 Å². The van der Waals surface area contributed by atoms with Gasteiger partial charge in [-0.1, -0.05) is 37.7 Å². The number of hydrogen-bond donors (Lipinski definition) is 0. The average Bonchev–Trinajstić information content (AvgIpc) is 3.02. The molecule has 2 unspecified atom stereocenters. The van der Waals surface area contributed by atoms with Crippen molar-refractivity contribution < 1.29 is 4.79 Å². The van der Waals surface area contributed by atoms with Crippen LogP contribution in [0.4, 0.5) is 0 Å². The van der Waals surface area contributed by atoms with E-state index in [-0.39, 0.29) is 5.91 Å². The van der Waals surface area contributed by atoms with Gasteiger partial charge in [-0.15, -0.1) is 10.2 Å². The van der Waals surface area contributed by atoms with E-state index in [1.165, 1.54) is 23.7 Å². The Balaban J connectivity index is 1.70. The highest BCUT2D eigenvalue weighted by Gasteiger charge is 2.25. The molecule has 1 aromatic carbocycles. The summed E-state index contributed by atoms with van der Waals surface area (Å²) in [5, 5.41) is 9.03. The summed E-state index contributed by atoms with van der Waals surface area (Å²) in [6.07, 6.45) is 2.93. The minimum absolute atomic E-state index is 0.193. The first kappa shape index (κ1) is 18.0. The number of aryl methyl sites for hydroxylation is 2. The predicted molar refractivity (Wildman–Crippen MR) is 101 cm³/mol. The summed E-state index contributed by atoms with van der Waals surface area (Å²) in [5.41, 5.74) is 3.43. The van der Waals surface area contributed by atoms with Gasteiger partial charge in [-0.25, -0.2) is 0 Å². The van der Waals surface area contributed by atoms with Gasteiger partial charge in [0.15, 0.2) is 5.16 Å². The van der Waals surface area contributed by atoms with Crippen LogP contribution in [0.1, 0.15) is 31.4 Å². The Labute approximate surface area is 153 Å². The maximum atomic E-state index is 12.6. The molecule has 1 aliphatic heterocycles. The van der Waals surface area contributed by atoms with E-state index in [0.717, 1.165) is 29.5 Å². The number of likely N-dealkylation sites (tertiary alicyclic amines) is 1. The van der Waals surface area contributed by atoms with Crippen LogP contribution in [-0.2, 0) is 4.79 Å². The van der Waals surface area contributed by atoms with E-state index in [9.17, 15) is 4.79 Å². The SMILES string of the molecule is Cc1ccc(C)c(-n2cnnc2SCC(=O)N2CC(C)CC(C)C2)c1. The number of thioether (sulfide) groups is 1. The molecular weight excluding hydrogens is 332 g/mol. The normalized spacial score (nSPS) is 20.7. The van der Waals surface area contributed by atoms with Crippen LogP contribution in [0.15, 0.2) is 29.7 Å². The summed E-state index contributed by atoms with van der Waals surface area (Å²) in [4.78, 5) is 14.6. The van der Waals surface area contributed by atoms with E-state index in [0.29, 0.717) is 17.6 Å². The van der Waals surface area contributed by atoms with Crippen molar-refractivity contribution in [3.05, 3.63) is 35.7 Å². The summed E-state index contributed by atoms with van der Waals surface area (Å²) >= 11 is 1.47. The van der Waals surface area contributed by atoms with Crippen molar-refractivity contribution in [1.82, 2.24) is 19.7 Å². The minimum Gasteiger partial charge on any atom is -0.341 e. The molecule has 1 aromatic heterocycles. The smallest absolute Gasteiger partial charge is 0.233 e. The highest BCUT2D eigenvalue weighted by Crippen LogP contribution is 2.25. The zero-order valence-corrected chi connectivity index (χ0v) is 16.2. The van der Waals surface area contributed by atoms with Crippen LogP contribution >= 0.6 is 11.8 Å². The molecule has 1 fully saturated rings. The third-order valence-electron chi connectivity index (χ3n) is 4.69. The lowest BCUT2D eigenvalue weighted by Crippen LogP contribution is -2.43. The van der Waals surface area contributed by atoms with Gasteiger partial charge in [0.25, 0.3) is 0 Å². The molecule has 0 radical (unpaired) electrons. The maximum Gasteiger partial charge on any atom is 0.233 e. The third-order valence-corrected chi connectivity index (χ3v) is 5.61. The minimum atomic E-state index is 0.193. The first-order valence-corrected chi connectivity index (χ1v) is 9.81. The number of hydrogen-bond acceptors (Lipinski definition) is 4. The molecule has 0 bridgehead atoms. The van der Waals surface area contributed by atoms with Gasteiger partial charge in [0.1, 0.15) is 6.33 Å². The van der Waals surface area contributed by atoms with Gasteiger partial charge in [-0.2, -0.15) is 0 Å². The van der Waals surface area contributed by atoms with Crippen molar-refractivity contribution in [3.63, 3.8) is 0 Å². The molecule has 134 valence electrons. The Bertz CT molecular complexity index is 748. The van der Waals surface area contributed by atoms with Crippen LogP contribution in [0.5, 0.6) is 0 Å². The number of aromatic nitrogens is 3. The second-order valence-corrected chi connectivity index (χ2v) is 8.25. The lowest BCUT2D eigenvalue weighted by atomic mass is 9.92. The summed E-state index contributed by atoms with van der Waals surface area (Å²) in [6, 6.07) is 6.32. The largest absolute Gasteiger partial charge is 0.341 e. The Morgan fingerprint density at radius 3 is 2.68 bits per heavy atom. The number of nitrogens with zero attached hydrogens (tertiary/aromatic N) is 4. The van der Waals surface area contributed by atoms with E-state index in [2.05, 4.69) is 56.1 Å². The lowest BCUT2D eigenvalue weighted by molar-refractivity contribution is -0.130. The van der Waals surface area contributed by atoms with Crippen molar-refractivity contribution in [1.29, 1.82) is 0 Å². The van der Waals surface area contributed by atoms with Gasteiger partial charge in [0.05, 0.1) is 11.4 Å². The second-order valence-electron chi connectivity index (χ2n) is 7.31. The molecule has 6 heteroatoms. The second kappa shape index (κ2) is 7.60. The van der Waals surface area contributed by atoms with E-state index >= 15 is 0 Å². The highest BCUT2D eigenvalue weighted by atomic mass is 32.2.